The first-order valence-corrected chi connectivity index (χ1v) is 2.53. The molecule has 0 aromatic rings. The molecule has 44 valence electrons. The van der Waals surface area contributed by atoms with E-state index in [-0.39, 0.29) is 6.17 Å². The predicted octanol–water partition coefficient (Wildman–Crippen LogP) is -0.782. The molecule has 1 unspecified atom stereocenters. The molecule has 0 spiro atoms. The minimum atomic E-state index is 0.0625. The molecular weight excluding hydrogens is 104 g/mol. The van der Waals surface area contributed by atoms with Gasteiger partial charge in [0.1, 0.15) is 0 Å². The van der Waals surface area contributed by atoms with Gasteiger partial charge < -0.3 is 5.32 Å². The van der Waals surface area contributed by atoms with E-state index in [1.54, 1.807) is 0 Å². The standard InChI is InChI=1S/C5H8N2O/c8-4-7-5-2-1-3-6-5/h1-2,4-6H,3H2,(H,7,8). The lowest BCUT2D eigenvalue weighted by atomic mass is 10.5. The van der Waals surface area contributed by atoms with Crippen LogP contribution in [0.5, 0.6) is 0 Å². The summed E-state index contributed by atoms with van der Waals surface area (Å²) in [5.41, 5.74) is 0. The summed E-state index contributed by atoms with van der Waals surface area (Å²) in [6.07, 6.45) is 4.63. The van der Waals surface area contributed by atoms with Crippen molar-refractivity contribution >= 4 is 6.41 Å². The van der Waals surface area contributed by atoms with E-state index >= 15 is 0 Å². The maximum Gasteiger partial charge on any atom is 0.208 e. The highest BCUT2D eigenvalue weighted by Gasteiger charge is 2.03. The van der Waals surface area contributed by atoms with Crippen LogP contribution in [0.3, 0.4) is 0 Å². The van der Waals surface area contributed by atoms with Gasteiger partial charge in [0.2, 0.25) is 6.41 Å². The molecule has 2 N–H and O–H groups in total. The minimum absolute atomic E-state index is 0.0625. The summed E-state index contributed by atoms with van der Waals surface area (Å²) in [7, 11) is 0. The molecule has 8 heavy (non-hydrogen) atoms. The van der Waals surface area contributed by atoms with Crippen molar-refractivity contribution < 1.29 is 4.79 Å². The van der Waals surface area contributed by atoms with E-state index in [1.807, 2.05) is 12.2 Å². The summed E-state index contributed by atoms with van der Waals surface area (Å²) in [6, 6.07) is 0. The second-order valence-corrected chi connectivity index (χ2v) is 1.60. The van der Waals surface area contributed by atoms with Crippen molar-refractivity contribution in [2.24, 2.45) is 0 Å². The predicted molar refractivity (Wildman–Crippen MR) is 30.1 cm³/mol. The Kier molecular flexibility index (Phi) is 1.64. The van der Waals surface area contributed by atoms with Gasteiger partial charge in [0.05, 0.1) is 6.17 Å². The fraction of sp³-hybridized carbons (Fsp3) is 0.400. The van der Waals surface area contributed by atoms with Gasteiger partial charge in [-0.25, -0.2) is 0 Å². The Labute approximate surface area is 47.8 Å². The van der Waals surface area contributed by atoms with Crippen LogP contribution in [-0.4, -0.2) is 19.1 Å². The molecule has 0 radical (unpaired) electrons. The third kappa shape index (κ3) is 1.07. The third-order valence-electron chi connectivity index (χ3n) is 1.03. The number of nitrogens with one attached hydrogen (secondary N) is 2. The number of hydrogen-bond acceptors (Lipinski definition) is 2. The van der Waals surface area contributed by atoms with Gasteiger partial charge in [0.15, 0.2) is 0 Å². The molecule has 0 saturated carbocycles. The summed E-state index contributed by atoms with van der Waals surface area (Å²) < 4.78 is 0. The normalized spacial score (nSPS) is 25.8. The smallest absolute Gasteiger partial charge is 0.208 e. The summed E-state index contributed by atoms with van der Waals surface area (Å²) in [5.74, 6) is 0. The van der Waals surface area contributed by atoms with E-state index in [1.165, 1.54) is 0 Å². The Balaban J connectivity index is 2.25. The zero-order chi connectivity index (χ0) is 5.82. The van der Waals surface area contributed by atoms with Crippen LogP contribution in [0.4, 0.5) is 0 Å². The van der Waals surface area contributed by atoms with E-state index in [2.05, 4.69) is 10.6 Å². The number of hydrogen-bond donors (Lipinski definition) is 2. The molecule has 1 aliphatic heterocycles. The number of carbonyl (C=O) groups excluding carboxylic acids is 1. The molecule has 1 amide bonds. The molecule has 0 aromatic heterocycles. The van der Waals surface area contributed by atoms with Gasteiger partial charge in [-0.1, -0.05) is 12.2 Å². The average Bonchev–Trinajstić information content (AvgIpc) is 2.19. The Bertz CT molecular complexity index is 111. The van der Waals surface area contributed by atoms with E-state index in [4.69, 9.17) is 0 Å². The largest absolute Gasteiger partial charge is 0.340 e. The van der Waals surface area contributed by atoms with Crippen LogP contribution in [0.25, 0.3) is 0 Å². The van der Waals surface area contributed by atoms with Crippen molar-refractivity contribution in [2.45, 2.75) is 6.17 Å². The van der Waals surface area contributed by atoms with E-state index in [9.17, 15) is 4.79 Å². The Morgan fingerprint density at radius 2 is 2.75 bits per heavy atom. The van der Waals surface area contributed by atoms with Crippen LogP contribution in [0, 0.1) is 0 Å². The molecule has 1 aliphatic rings. The summed E-state index contributed by atoms with van der Waals surface area (Å²) >= 11 is 0. The zero-order valence-electron chi connectivity index (χ0n) is 4.42. The van der Waals surface area contributed by atoms with Crippen molar-refractivity contribution in [3.63, 3.8) is 0 Å². The quantitative estimate of drug-likeness (QED) is 0.363. The molecule has 0 bridgehead atoms. The van der Waals surface area contributed by atoms with Crippen molar-refractivity contribution in [2.75, 3.05) is 6.54 Å². The second-order valence-electron chi connectivity index (χ2n) is 1.60. The Morgan fingerprint density at radius 3 is 3.25 bits per heavy atom. The molecular formula is C5H8N2O. The van der Waals surface area contributed by atoms with Crippen molar-refractivity contribution in [3.05, 3.63) is 12.2 Å². The summed E-state index contributed by atoms with van der Waals surface area (Å²) in [5, 5.41) is 5.57. The average molecular weight is 112 g/mol. The fourth-order valence-electron chi connectivity index (χ4n) is 0.655. The van der Waals surface area contributed by atoms with E-state index in [0.717, 1.165) is 6.54 Å². The summed E-state index contributed by atoms with van der Waals surface area (Å²) in [6.45, 7) is 0.853. The second kappa shape index (κ2) is 2.47. The van der Waals surface area contributed by atoms with Crippen molar-refractivity contribution in [3.8, 4) is 0 Å². The fourth-order valence-corrected chi connectivity index (χ4v) is 0.655. The highest BCUT2D eigenvalue weighted by atomic mass is 16.1. The molecule has 1 atom stereocenters. The number of rotatable bonds is 2. The van der Waals surface area contributed by atoms with Crippen LogP contribution < -0.4 is 10.6 Å². The maximum absolute atomic E-state index is 9.78. The first kappa shape index (κ1) is 5.31. The molecule has 1 rings (SSSR count). The first-order valence-electron chi connectivity index (χ1n) is 2.53. The lowest BCUT2D eigenvalue weighted by Crippen LogP contribution is -2.36. The van der Waals surface area contributed by atoms with Crippen LogP contribution in [0.1, 0.15) is 0 Å². The van der Waals surface area contributed by atoms with Gasteiger partial charge in [0, 0.05) is 6.54 Å². The summed E-state index contributed by atoms with van der Waals surface area (Å²) in [4.78, 5) is 9.78. The van der Waals surface area contributed by atoms with Crippen LogP contribution in [0.15, 0.2) is 12.2 Å². The van der Waals surface area contributed by atoms with Crippen LogP contribution in [-0.2, 0) is 4.79 Å². The van der Waals surface area contributed by atoms with E-state index in [0.29, 0.717) is 6.41 Å². The third-order valence-corrected chi connectivity index (χ3v) is 1.03. The molecule has 0 fully saturated rings. The van der Waals surface area contributed by atoms with Gasteiger partial charge in [-0.3, -0.25) is 10.1 Å². The maximum atomic E-state index is 9.78. The van der Waals surface area contributed by atoms with Gasteiger partial charge in [0.25, 0.3) is 0 Å². The van der Waals surface area contributed by atoms with Gasteiger partial charge >= 0.3 is 0 Å². The lowest BCUT2D eigenvalue weighted by molar-refractivity contribution is -0.110. The topological polar surface area (TPSA) is 41.1 Å². The lowest BCUT2D eigenvalue weighted by Gasteiger charge is -2.04. The highest BCUT2D eigenvalue weighted by molar-refractivity contribution is 5.47. The van der Waals surface area contributed by atoms with Gasteiger partial charge in [-0.2, -0.15) is 0 Å². The molecule has 0 aliphatic carbocycles. The monoisotopic (exact) mass is 112 g/mol. The van der Waals surface area contributed by atoms with Gasteiger partial charge in [-0.05, 0) is 0 Å². The molecule has 3 heteroatoms. The van der Waals surface area contributed by atoms with Gasteiger partial charge in [-0.15, -0.1) is 0 Å². The minimum Gasteiger partial charge on any atom is -0.340 e. The molecule has 0 saturated heterocycles. The van der Waals surface area contributed by atoms with Crippen LogP contribution >= 0.6 is 0 Å². The van der Waals surface area contributed by atoms with E-state index < -0.39 is 0 Å². The number of amides is 1. The highest BCUT2D eigenvalue weighted by Crippen LogP contribution is 1.86. The SMILES string of the molecule is O=CNC1C=CCN1. The molecule has 1 heterocycles. The molecule has 0 aromatic carbocycles. The van der Waals surface area contributed by atoms with Crippen molar-refractivity contribution in [1.29, 1.82) is 0 Å². The Hall–Kier alpha value is -0.830. The zero-order valence-corrected chi connectivity index (χ0v) is 4.42. The first-order chi connectivity index (χ1) is 3.93. The number of carbonyl (C=O) groups is 1. The Morgan fingerprint density at radius 1 is 1.88 bits per heavy atom. The van der Waals surface area contributed by atoms with Crippen molar-refractivity contribution in [1.82, 2.24) is 10.6 Å². The van der Waals surface area contributed by atoms with Crippen LogP contribution in [0.2, 0.25) is 0 Å². The molecule has 3 nitrogen and oxygen atoms in total.